The summed E-state index contributed by atoms with van der Waals surface area (Å²) in [5, 5.41) is 0.877. The molecular weight excluding hydrogens is 266 g/mol. The number of rotatable bonds is 3. The van der Waals surface area contributed by atoms with Crippen molar-refractivity contribution in [2.24, 2.45) is 11.3 Å². The molecule has 88 valence electrons. The number of hydrogen-bond acceptors (Lipinski definition) is 1. The van der Waals surface area contributed by atoms with Gasteiger partial charge in [-0.15, -0.1) is 0 Å². The summed E-state index contributed by atoms with van der Waals surface area (Å²) in [7, 11) is 0. The van der Waals surface area contributed by atoms with Crippen LogP contribution in [0.5, 0.6) is 0 Å². The molecule has 0 aromatic rings. The highest BCUT2D eigenvalue weighted by atomic mass is 79.9. The van der Waals surface area contributed by atoms with Gasteiger partial charge in [0.1, 0.15) is 0 Å². The molecule has 0 radical (unpaired) electrons. The maximum absolute atomic E-state index is 13.1. The molecule has 2 atom stereocenters. The van der Waals surface area contributed by atoms with Crippen LogP contribution in [0.2, 0.25) is 0 Å². The van der Waals surface area contributed by atoms with Crippen LogP contribution in [0.4, 0.5) is 8.78 Å². The first-order valence-electron chi connectivity index (χ1n) is 5.57. The Morgan fingerprint density at radius 2 is 2.13 bits per heavy atom. The summed E-state index contributed by atoms with van der Waals surface area (Å²) < 4.78 is 31.5. The zero-order chi connectivity index (χ0) is 10.9. The molecule has 2 fully saturated rings. The Kier molecular flexibility index (Phi) is 3.36. The Hall–Kier alpha value is 0.300. The predicted octanol–water partition coefficient (Wildman–Crippen LogP) is 3.61. The molecule has 1 nitrogen and oxygen atoms in total. The van der Waals surface area contributed by atoms with Gasteiger partial charge in [0.25, 0.3) is 0 Å². The van der Waals surface area contributed by atoms with Crippen molar-refractivity contribution in [2.75, 3.05) is 18.5 Å². The van der Waals surface area contributed by atoms with Crippen LogP contribution in [0.15, 0.2) is 0 Å². The van der Waals surface area contributed by atoms with Gasteiger partial charge < -0.3 is 4.74 Å². The number of alkyl halides is 3. The van der Waals surface area contributed by atoms with Crippen LogP contribution in [0.1, 0.15) is 32.1 Å². The van der Waals surface area contributed by atoms with E-state index in [2.05, 4.69) is 15.9 Å². The SMILES string of the molecule is FC1(F)CCC(CC2(CBr)CCOC2)C1. The zero-order valence-electron chi connectivity index (χ0n) is 8.78. The second-order valence-electron chi connectivity index (χ2n) is 5.11. The average molecular weight is 283 g/mol. The minimum Gasteiger partial charge on any atom is -0.381 e. The lowest BCUT2D eigenvalue weighted by atomic mass is 9.80. The quantitative estimate of drug-likeness (QED) is 0.719. The van der Waals surface area contributed by atoms with Gasteiger partial charge in [-0.3, -0.25) is 0 Å². The topological polar surface area (TPSA) is 9.23 Å². The zero-order valence-corrected chi connectivity index (χ0v) is 10.4. The van der Waals surface area contributed by atoms with Crippen molar-refractivity contribution in [1.82, 2.24) is 0 Å². The lowest BCUT2D eigenvalue weighted by Gasteiger charge is -2.28. The normalized spacial score (nSPS) is 39.8. The Balaban J connectivity index is 1.91. The van der Waals surface area contributed by atoms with Gasteiger partial charge in [-0.25, -0.2) is 8.78 Å². The third kappa shape index (κ3) is 2.70. The van der Waals surface area contributed by atoms with Crippen LogP contribution >= 0.6 is 15.9 Å². The van der Waals surface area contributed by atoms with Gasteiger partial charge in [-0.05, 0) is 25.2 Å². The molecule has 0 bridgehead atoms. The van der Waals surface area contributed by atoms with Crippen LogP contribution in [0, 0.1) is 11.3 Å². The van der Waals surface area contributed by atoms with Crippen LogP contribution < -0.4 is 0 Å². The monoisotopic (exact) mass is 282 g/mol. The van der Waals surface area contributed by atoms with Gasteiger partial charge >= 0.3 is 0 Å². The van der Waals surface area contributed by atoms with E-state index in [4.69, 9.17) is 4.74 Å². The van der Waals surface area contributed by atoms with Crippen molar-refractivity contribution in [2.45, 2.75) is 38.0 Å². The van der Waals surface area contributed by atoms with E-state index >= 15 is 0 Å². The fourth-order valence-corrected chi connectivity index (χ4v) is 3.47. The molecule has 15 heavy (non-hydrogen) atoms. The van der Waals surface area contributed by atoms with E-state index in [-0.39, 0.29) is 24.2 Å². The summed E-state index contributed by atoms with van der Waals surface area (Å²) in [6, 6.07) is 0. The van der Waals surface area contributed by atoms with Gasteiger partial charge in [0.2, 0.25) is 5.92 Å². The van der Waals surface area contributed by atoms with E-state index in [9.17, 15) is 8.78 Å². The molecular formula is C11H17BrF2O. The second kappa shape index (κ2) is 4.28. The van der Waals surface area contributed by atoms with E-state index in [1.165, 1.54) is 0 Å². The highest BCUT2D eigenvalue weighted by Gasteiger charge is 2.44. The summed E-state index contributed by atoms with van der Waals surface area (Å²) in [5.41, 5.74) is 0.130. The predicted molar refractivity (Wildman–Crippen MR) is 58.6 cm³/mol. The highest BCUT2D eigenvalue weighted by Crippen LogP contribution is 2.46. The summed E-state index contributed by atoms with van der Waals surface area (Å²) >= 11 is 3.50. The molecule has 1 saturated heterocycles. The van der Waals surface area contributed by atoms with Crippen molar-refractivity contribution in [3.63, 3.8) is 0 Å². The third-order valence-corrected chi connectivity index (χ3v) is 4.89. The fraction of sp³-hybridized carbons (Fsp3) is 1.00. The highest BCUT2D eigenvalue weighted by molar-refractivity contribution is 9.09. The summed E-state index contributed by atoms with van der Waals surface area (Å²) in [4.78, 5) is 0. The molecule has 0 aromatic carbocycles. The van der Waals surface area contributed by atoms with Gasteiger partial charge in [0.15, 0.2) is 0 Å². The first-order valence-corrected chi connectivity index (χ1v) is 6.69. The van der Waals surface area contributed by atoms with E-state index < -0.39 is 5.92 Å². The van der Waals surface area contributed by atoms with E-state index in [1.807, 2.05) is 0 Å². The molecule has 1 aliphatic heterocycles. The molecule has 4 heteroatoms. The van der Waals surface area contributed by atoms with E-state index in [0.29, 0.717) is 6.42 Å². The molecule has 1 heterocycles. The first-order chi connectivity index (χ1) is 7.05. The van der Waals surface area contributed by atoms with Crippen molar-refractivity contribution in [3.8, 4) is 0 Å². The summed E-state index contributed by atoms with van der Waals surface area (Å²) in [5.74, 6) is -2.21. The number of ether oxygens (including phenoxy) is 1. The minimum absolute atomic E-state index is 0.0802. The molecule has 0 spiro atoms. The maximum Gasteiger partial charge on any atom is 0.248 e. The standard InChI is InChI=1S/C11H17BrF2O/c12-7-10(3-4-15-8-10)5-9-1-2-11(13,14)6-9/h9H,1-8H2. The van der Waals surface area contributed by atoms with Crippen molar-refractivity contribution < 1.29 is 13.5 Å². The Morgan fingerprint density at radius 3 is 2.60 bits per heavy atom. The Labute approximate surface area is 97.7 Å². The maximum atomic E-state index is 13.1. The lowest BCUT2D eigenvalue weighted by molar-refractivity contribution is 0.00278. The summed E-state index contributed by atoms with van der Waals surface area (Å²) in [6.45, 7) is 1.52. The molecule has 0 N–H and O–H groups in total. The number of hydrogen-bond donors (Lipinski definition) is 0. The average Bonchev–Trinajstić information content (AvgIpc) is 2.75. The number of halogens is 3. The van der Waals surface area contributed by atoms with Crippen LogP contribution in [0.25, 0.3) is 0 Å². The summed E-state index contributed by atoms with van der Waals surface area (Å²) in [6.07, 6.45) is 2.76. The van der Waals surface area contributed by atoms with Crippen molar-refractivity contribution >= 4 is 15.9 Å². The van der Waals surface area contributed by atoms with Gasteiger partial charge in [-0.2, -0.15) is 0 Å². The minimum atomic E-state index is -2.41. The smallest absolute Gasteiger partial charge is 0.248 e. The van der Waals surface area contributed by atoms with Gasteiger partial charge in [-0.1, -0.05) is 15.9 Å². The largest absolute Gasteiger partial charge is 0.381 e. The van der Waals surface area contributed by atoms with E-state index in [0.717, 1.165) is 31.4 Å². The Bertz CT molecular complexity index is 227. The molecule has 1 saturated carbocycles. The third-order valence-electron chi connectivity index (χ3n) is 3.70. The van der Waals surface area contributed by atoms with Gasteiger partial charge in [0, 0.05) is 30.2 Å². The fourth-order valence-electron chi connectivity index (χ4n) is 2.80. The molecule has 0 amide bonds. The lowest BCUT2D eigenvalue weighted by Crippen LogP contribution is -2.26. The van der Waals surface area contributed by atoms with Crippen LogP contribution in [0.3, 0.4) is 0 Å². The van der Waals surface area contributed by atoms with Crippen LogP contribution in [-0.4, -0.2) is 24.5 Å². The van der Waals surface area contributed by atoms with E-state index in [1.54, 1.807) is 0 Å². The molecule has 1 aliphatic carbocycles. The molecule has 0 aromatic heterocycles. The van der Waals surface area contributed by atoms with Crippen molar-refractivity contribution in [3.05, 3.63) is 0 Å². The molecule has 2 aliphatic rings. The molecule has 2 rings (SSSR count). The van der Waals surface area contributed by atoms with Gasteiger partial charge in [0.05, 0.1) is 6.61 Å². The molecule has 2 unspecified atom stereocenters. The Morgan fingerprint density at radius 1 is 1.33 bits per heavy atom. The first kappa shape index (κ1) is 11.8. The van der Waals surface area contributed by atoms with Crippen LogP contribution in [-0.2, 0) is 4.74 Å². The van der Waals surface area contributed by atoms with Crippen molar-refractivity contribution in [1.29, 1.82) is 0 Å². The second-order valence-corrected chi connectivity index (χ2v) is 5.67.